The Hall–Kier alpha value is -1.19. The lowest BCUT2D eigenvalue weighted by Crippen LogP contribution is -2.49. The number of fused-ring (bicyclic) bond motifs is 1. The summed E-state index contributed by atoms with van der Waals surface area (Å²) < 4.78 is 6.00. The lowest BCUT2D eigenvalue weighted by atomic mass is 9.89. The van der Waals surface area contributed by atoms with Crippen LogP contribution in [0.15, 0.2) is 35.3 Å². The van der Waals surface area contributed by atoms with E-state index in [1.54, 1.807) is 0 Å². The molecule has 0 amide bonds. The van der Waals surface area contributed by atoms with Crippen molar-refractivity contribution in [2.45, 2.75) is 50.5 Å². The summed E-state index contributed by atoms with van der Waals surface area (Å²) in [5, 5.41) is 10.6. The van der Waals surface area contributed by atoms with Gasteiger partial charge >= 0.3 is 0 Å². The van der Waals surface area contributed by atoms with Crippen LogP contribution < -0.4 is 0 Å². The number of nitrogens with zero attached hydrogens (tertiary/aromatic N) is 1. The summed E-state index contributed by atoms with van der Waals surface area (Å²) in [4.78, 5) is 4.68. The van der Waals surface area contributed by atoms with E-state index in [1.807, 2.05) is 30.3 Å². The SMILES string of the molecule is C[C@@H]1N=C2CCCC[C@]2(O)O[C@@H]1c1ccccc1. The molecule has 96 valence electrons. The Labute approximate surface area is 108 Å². The zero-order chi connectivity index (χ0) is 12.6. The van der Waals surface area contributed by atoms with Crippen LogP contribution in [-0.4, -0.2) is 22.6 Å². The van der Waals surface area contributed by atoms with E-state index in [0.717, 1.165) is 30.5 Å². The standard InChI is InChI=1S/C15H19NO2/c1-11-14(12-7-3-2-4-8-12)18-15(17)10-6-5-9-13(15)16-11/h2-4,7-8,11,14,17H,5-6,9-10H2,1H3/t11-,14-,15-/m0/s1. The number of hydrogen-bond acceptors (Lipinski definition) is 3. The molecule has 1 aliphatic heterocycles. The largest absolute Gasteiger partial charge is 0.361 e. The summed E-state index contributed by atoms with van der Waals surface area (Å²) in [6, 6.07) is 10.1. The maximum absolute atomic E-state index is 10.6. The van der Waals surface area contributed by atoms with Crippen molar-refractivity contribution >= 4 is 5.71 Å². The fourth-order valence-electron chi connectivity index (χ4n) is 2.90. The number of benzene rings is 1. The number of aliphatic hydroxyl groups is 1. The molecule has 2 aliphatic rings. The van der Waals surface area contributed by atoms with Crippen LogP contribution in [0.3, 0.4) is 0 Å². The first-order chi connectivity index (χ1) is 8.69. The van der Waals surface area contributed by atoms with Crippen molar-refractivity contribution in [3.8, 4) is 0 Å². The van der Waals surface area contributed by atoms with Gasteiger partial charge < -0.3 is 9.84 Å². The first-order valence-electron chi connectivity index (χ1n) is 6.71. The average Bonchev–Trinajstić information content (AvgIpc) is 2.40. The van der Waals surface area contributed by atoms with Crippen molar-refractivity contribution in [2.24, 2.45) is 4.99 Å². The van der Waals surface area contributed by atoms with Gasteiger partial charge in [-0.05, 0) is 31.7 Å². The summed E-state index contributed by atoms with van der Waals surface area (Å²) in [5.74, 6) is -1.12. The second-order valence-corrected chi connectivity index (χ2v) is 5.26. The summed E-state index contributed by atoms with van der Waals surface area (Å²) in [7, 11) is 0. The Morgan fingerprint density at radius 3 is 2.83 bits per heavy atom. The van der Waals surface area contributed by atoms with Gasteiger partial charge in [0, 0.05) is 6.42 Å². The van der Waals surface area contributed by atoms with E-state index in [2.05, 4.69) is 11.9 Å². The zero-order valence-electron chi connectivity index (χ0n) is 10.7. The van der Waals surface area contributed by atoms with Crippen molar-refractivity contribution in [1.82, 2.24) is 0 Å². The van der Waals surface area contributed by atoms with Gasteiger partial charge in [0.2, 0.25) is 5.79 Å². The highest BCUT2D eigenvalue weighted by molar-refractivity contribution is 5.92. The number of aliphatic imine (C=N–C) groups is 1. The van der Waals surface area contributed by atoms with Crippen LogP contribution >= 0.6 is 0 Å². The first-order valence-corrected chi connectivity index (χ1v) is 6.71. The second-order valence-electron chi connectivity index (χ2n) is 5.26. The van der Waals surface area contributed by atoms with E-state index in [-0.39, 0.29) is 12.1 Å². The van der Waals surface area contributed by atoms with Gasteiger partial charge in [0.25, 0.3) is 0 Å². The van der Waals surface area contributed by atoms with E-state index < -0.39 is 5.79 Å². The Balaban J connectivity index is 1.93. The maximum Gasteiger partial charge on any atom is 0.206 e. The van der Waals surface area contributed by atoms with Crippen LogP contribution in [0.2, 0.25) is 0 Å². The summed E-state index contributed by atoms with van der Waals surface area (Å²) in [6.45, 7) is 2.05. The molecule has 1 aromatic carbocycles. The quantitative estimate of drug-likeness (QED) is 0.826. The van der Waals surface area contributed by atoms with Crippen LogP contribution in [0.1, 0.15) is 44.3 Å². The van der Waals surface area contributed by atoms with Crippen molar-refractivity contribution in [1.29, 1.82) is 0 Å². The molecule has 0 aromatic heterocycles. The number of ether oxygens (including phenoxy) is 1. The predicted molar refractivity (Wildman–Crippen MR) is 70.6 cm³/mol. The van der Waals surface area contributed by atoms with E-state index in [0.29, 0.717) is 6.42 Å². The molecule has 3 nitrogen and oxygen atoms in total. The van der Waals surface area contributed by atoms with Crippen LogP contribution in [0.25, 0.3) is 0 Å². The van der Waals surface area contributed by atoms with Gasteiger partial charge in [0.15, 0.2) is 0 Å². The molecule has 0 bridgehead atoms. The molecule has 1 fully saturated rings. The fraction of sp³-hybridized carbons (Fsp3) is 0.533. The van der Waals surface area contributed by atoms with Crippen LogP contribution in [0.5, 0.6) is 0 Å². The van der Waals surface area contributed by atoms with Crippen molar-refractivity contribution in [3.05, 3.63) is 35.9 Å². The number of hydrogen-bond donors (Lipinski definition) is 1. The highest BCUT2D eigenvalue weighted by atomic mass is 16.6. The topological polar surface area (TPSA) is 41.8 Å². The molecule has 1 aromatic rings. The van der Waals surface area contributed by atoms with E-state index >= 15 is 0 Å². The third kappa shape index (κ3) is 1.98. The van der Waals surface area contributed by atoms with Crippen molar-refractivity contribution in [3.63, 3.8) is 0 Å². The summed E-state index contributed by atoms with van der Waals surface area (Å²) in [5.41, 5.74) is 1.93. The van der Waals surface area contributed by atoms with Gasteiger partial charge in [-0.1, -0.05) is 30.3 Å². The Morgan fingerprint density at radius 2 is 2.06 bits per heavy atom. The molecule has 3 atom stereocenters. The minimum atomic E-state index is -1.12. The molecular formula is C15H19NO2. The maximum atomic E-state index is 10.6. The summed E-state index contributed by atoms with van der Waals surface area (Å²) in [6.07, 6.45) is 3.50. The van der Waals surface area contributed by atoms with Gasteiger partial charge in [-0.15, -0.1) is 0 Å². The molecule has 0 saturated heterocycles. The lowest BCUT2D eigenvalue weighted by Gasteiger charge is -2.42. The molecule has 0 unspecified atom stereocenters. The van der Waals surface area contributed by atoms with E-state index in [1.165, 1.54) is 0 Å². The van der Waals surface area contributed by atoms with Gasteiger partial charge in [-0.2, -0.15) is 0 Å². The van der Waals surface area contributed by atoms with Gasteiger partial charge in [0.1, 0.15) is 6.10 Å². The van der Waals surface area contributed by atoms with Crippen LogP contribution in [-0.2, 0) is 4.74 Å². The first kappa shape index (κ1) is 11.9. The lowest BCUT2D eigenvalue weighted by molar-refractivity contribution is -0.204. The monoisotopic (exact) mass is 245 g/mol. The second kappa shape index (κ2) is 4.48. The third-order valence-corrected chi connectivity index (χ3v) is 3.88. The minimum Gasteiger partial charge on any atom is -0.361 e. The van der Waals surface area contributed by atoms with Gasteiger partial charge in [-0.3, -0.25) is 4.99 Å². The molecule has 1 aliphatic carbocycles. The summed E-state index contributed by atoms with van der Waals surface area (Å²) >= 11 is 0. The number of rotatable bonds is 1. The Morgan fingerprint density at radius 1 is 1.28 bits per heavy atom. The van der Waals surface area contributed by atoms with Crippen molar-refractivity contribution < 1.29 is 9.84 Å². The molecule has 1 saturated carbocycles. The molecule has 3 rings (SSSR count). The van der Waals surface area contributed by atoms with E-state index in [9.17, 15) is 5.11 Å². The normalized spacial score (nSPS) is 35.8. The Bertz CT molecular complexity index is 457. The molecular weight excluding hydrogens is 226 g/mol. The molecule has 1 N–H and O–H groups in total. The highest BCUT2D eigenvalue weighted by Gasteiger charge is 2.44. The third-order valence-electron chi connectivity index (χ3n) is 3.88. The molecule has 0 spiro atoms. The smallest absolute Gasteiger partial charge is 0.206 e. The molecule has 3 heteroatoms. The molecule has 0 radical (unpaired) electrons. The van der Waals surface area contributed by atoms with Crippen molar-refractivity contribution in [2.75, 3.05) is 0 Å². The minimum absolute atomic E-state index is 0.0702. The molecule has 1 heterocycles. The van der Waals surface area contributed by atoms with Crippen LogP contribution in [0, 0.1) is 0 Å². The Kier molecular flexibility index (Phi) is 2.96. The van der Waals surface area contributed by atoms with E-state index in [4.69, 9.17) is 4.74 Å². The fourth-order valence-corrected chi connectivity index (χ4v) is 2.90. The molecule has 18 heavy (non-hydrogen) atoms. The average molecular weight is 245 g/mol. The van der Waals surface area contributed by atoms with Gasteiger partial charge in [0.05, 0.1) is 11.8 Å². The van der Waals surface area contributed by atoms with Crippen LogP contribution in [0.4, 0.5) is 0 Å². The predicted octanol–water partition coefficient (Wildman–Crippen LogP) is 2.85. The zero-order valence-corrected chi connectivity index (χ0v) is 10.7. The van der Waals surface area contributed by atoms with Gasteiger partial charge in [-0.25, -0.2) is 0 Å². The highest BCUT2D eigenvalue weighted by Crippen LogP contribution is 2.39.